The fourth-order valence-electron chi connectivity index (χ4n) is 4.81. The normalized spacial score (nSPS) is 13.9. The predicted molar refractivity (Wildman–Crippen MR) is 148 cm³/mol. The van der Waals surface area contributed by atoms with Crippen molar-refractivity contribution in [3.63, 3.8) is 0 Å². The van der Waals surface area contributed by atoms with E-state index in [1.807, 2.05) is 54.3 Å². The number of carbonyl (C=O) groups excluding carboxylic acids is 2. The Kier molecular flexibility index (Phi) is 9.14. The van der Waals surface area contributed by atoms with Gasteiger partial charge in [-0.3, -0.25) is 4.79 Å². The van der Waals surface area contributed by atoms with Gasteiger partial charge in [-0.25, -0.2) is 4.79 Å². The summed E-state index contributed by atoms with van der Waals surface area (Å²) in [6, 6.07) is 24.2. The first-order valence-electron chi connectivity index (χ1n) is 13.1. The van der Waals surface area contributed by atoms with Crippen molar-refractivity contribution in [1.82, 2.24) is 0 Å². The first-order chi connectivity index (χ1) is 18.1. The van der Waals surface area contributed by atoms with Crippen molar-refractivity contribution in [3.05, 3.63) is 90.0 Å². The van der Waals surface area contributed by atoms with Crippen LogP contribution in [-0.4, -0.2) is 25.6 Å². The van der Waals surface area contributed by atoms with Crippen LogP contribution in [0.4, 0.5) is 5.69 Å². The third-order valence-electron chi connectivity index (χ3n) is 6.79. The minimum atomic E-state index is -0.410. The molecule has 1 fully saturated rings. The van der Waals surface area contributed by atoms with Crippen molar-refractivity contribution in [2.24, 2.45) is 5.92 Å². The number of rotatable bonds is 9. The molecule has 0 bridgehead atoms. The number of carbonyl (C=O) groups is 2. The molecule has 0 spiro atoms. The molecule has 5 heteroatoms. The second-order valence-corrected chi connectivity index (χ2v) is 9.37. The van der Waals surface area contributed by atoms with Gasteiger partial charge in [-0.1, -0.05) is 67.8 Å². The van der Waals surface area contributed by atoms with Gasteiger partial charge in [0.2, 0.25) is 5.91 Å². The molecule has 192 valence electrons. The quantitative estimate of drug-likeness (QED) is 0.235. The molecule has 0 saturated heterocycles. The molecule has 1 amide bonds. The van der Waals surface area contributed by atoms with Crippen molar-refractivity contribution in [2.75, 3.05) is 18.6 Å². The first kappa shape index (κ1) is 26.2. The first-order valence-corrected chi connectivity index (χ1v) is 13.1. The van der Waals surface area contributed by atoms with Gasteiger partial charge in [0.05, 0.1) is 20.3 Å². The molecule has 0 radical (unpaired) electrons. The summed E-state index contributed by atoms with van der Waals surface area (Å²) in [5.41, 5.74) is 4.93. The van der Waals surface area contributed by atoms with E-state index in [1.54, 1.807) is 6.08 Å². The molecule has 0 unspecified atom stereocenters. The Balaban J connectivity index is 1.59. The number of methoxy groups -OCH3 is 1. The van der Waals surface area contributed by atoms with E-state index in [0.717, 1.165) is 59.4 Å². The molecule has 3 aromatic rings. The van der Waals surface area contributed by atoms with Crippen LogP contribution in [0.15, 0.2) is 78.9 Å². The molecule has 37 heavy (non-hydrogen) atoms. The molecule has 0 aromatic heterocycles. The van der Waals surface area contributed by atoms with E-state index in [2.05, 4.69) is 30.3 Å². The number of esters is 1. The lowest BCUT2D eigenvalue weighted by molar-refractivity contribution is -0.134. The van der Waals surface area contributed by atoms with E-state index in [4.69, 9.17) is 9.47 Å². The third-order valence-corrected chi connectivity index (χ3v) is 6.79. The largest absolute Gasteiger partial charge is 0.494 e. The summed E-state index contributed by atoms with van der Waals surface area (Å²) in [5.74, 6) is 0.660. The van der Waals surface area contributed by atoms with Crippen LogP contribution >= 0.6 is 0 Å². The number of hydrogen-bond acceptors (Lipinski definition) is 4. The van der Waals surface area contributed by atoms with Crippen molar-refractivity contribution >= 4 is 23.6 Å². The summed E-state index contributed by atoms with van der Waals surface area (Å²) in [6.45, 7) is 3.10. The van der Waals surface area contributed by atoms with Crippen LogP contribution in [0.1, 0.15) is 50.2 Å². The highest BCUT2D eigenvalue weighted by Crippen LogP contribution is 2.30. The predicted octanol–water partition coefficient (Wildman–Crippen LogP) is 7.05. The lowest BCUT2D eigenvalue weighted by atomic mass is 9.88. The Morgan fingerprint density at radius 2 is 1.68 bits per heavy atom. The smallest absolute Gasteiger partial charge is 0.330 e. The van der Waals surface area contributed by atoms with Crippen LogP contribution in [-0.2, 0) is 20.9 Å². The zero-order valence-electron chi connectivity index (χ0n) is 21.7. The molecule has 1 aliphatic carbocycles. The number of amides is 1. The van der Waals surface area contributed by atoms with Gasteiger partial charge >= 0.3 is 5.97 Å². The maximum atomic E-state index is 13.7. The zero-order chi connectivity index (χ0) is 26.0. The van der Waals surface area contributed by atoms with Gasteiger partial charge in [-0.2, -0.15) is 0 Å². The lowest BCUT2D eigenvalue weighted by Gasteiger charge is -2.30. The van der Waals surface area contributed by atoms with Crippen molar-refractivity contribution in [1.29, 1.82) is 0 Å². The number of benzene rings is 3. The van der Waals surface area contributed by atoms with Gasteiger partial charge in [-0.05, 0) is 72.4 Å². The minimum Gasteiger partial charge on any atom is -0.494 e. The van der Waals surface area contributed by atoms with Gasteiger partial charge < -0.3 is 14.4 Å². The van der Waals surface area contributed by atoms with E-state index in [-0.39, 0.29) is 11.8 Å². The summed E-state index contributed by atoms with van der Waals surface area (Å²) in [4.78, 5) is 27.2. The van der Waals surface area contributed by atoms with E-state index in [9.17, 15) is 9.59 Å². The van der Waals surface area contributed by atoms with Gasteiger partial charge in [0.25, 0.3) is 0 Å². The molecule has 0 aliphatic heterocycles. The van der Waals surface area contributed by atoms with E-state index in [1.165, 1.54) is 19.6 Å². The maximum Gasteiger partial charge on any atom is 0.330 e. The van der Waals surface area contributed by atoms with Crippen LogP contribution < -0.4 is 9.64 Å². The van der Waals surface area contributed by atoms with Crippen LogP contribution in [0.2, 0.25) is 0 Å². The van der Waals surface area contributed by atoms with Gasteiger partial charge in [-0.15, -0.1) is 0 Å². The van der Waals surface area contributed by atoms with E-state index >= 15 is 0 Å². The second kappa shape index (κ2) is 12.9. The van der Waals surface area contributed by atoms with Crippen LogP contribution in [0.25, 0.3) is 17.2 Å². The van der Waals surface area contributed by atoms with Crippen LogP contribution in [0.5, 0.6) is 5.75 Å². The topological polar surface area (TPSA) is 55.8 Å². The highest BCUT2D eigenvalue weighted by molar-refractivity contribution is 5.95. The monoisotopic (exact) mass is 497 g/mol. The van der Waals surface area contributed by atoms with Crippen LogP contribution in [0, 0.1) is 5.92 Å². The summed E-state index contributed by atoms with van der Waals surface area (Å²) in [6.07, 6.45) is 8.38. The number of hydrogen-bond donors (Lipinski definition) is 0. The maximum absolute atomic E-state index is 13.7. The van der Waals surface area contributed by atoms with Crippen LogP contribution in [0.3, 0.4) is 0 Å². The van der Waals surface area contributed by atoms with E-state index in [0.29, 0.717) is 13.2 Å². The Morgan fingerprint density at radius 1 is 0.919 bits per heavy atom. The minimum absolute atomic E-state index is 0.0450. The number of anilines is 1. The molecule has 0 N–H and O–H groups in total. The molecule has 3 aromatic carbocycles. The van der Waals surface area contributed by atoms with Gasteiger partial charge in [0, 0.05) is 17.7 Å². The molecular weight excluding hydrogens is 462 g/mol. The molecule has 0 atom stereocenters. The highest BCUT2D eigenvalue weighted by atomic mass is 16.5. The summed E-state index contributed by atoms with van der Waals surface area (Å²) in [7, 11) is 1.36. The Bertz CT molecular complexity index is 1230. The molecule has 1 saturated carbocycles. The summed E-state index contributed by atoms with van der Waals surface area (Å²) in [5, 5.41) is 0. The average molecular weight is 498 g/mol. The van der Waals surface area contributed by atoms with Crippen molar-refractivity contribution in [2.45, 2.75) is 45.6 Å². The summed E-state index contributed by atoms with van der Waals surface area (Å²) < 4.78 is 10.4. The molecule has 1 aliphatic rings. The molecule has 5 nitrogen and oxygen atoms in total. The Labute approximate surface area is 219 Å². The van der Waals surface area contributed by atoms with E-state index < -0.39 is 5.97 Å². The third kappa shape index (κ3) is 7.10. The summed E-state index contributed by atoms with van der Waals surface area (Å²) >= 11 is 0. The van der Waals surface area contributed by atoms with Crippen molar-refractivity contribution < 1.29 is 19.1 Å². The fraction of sp³-hybridized carbons (Fsp3) is 0.312. The molecule has 4 rings (SSSR count). The average Bonchev–Trinajstić information content (AvgIpc) is 2.95. The highest BCUT2D eigenvalue weighted by Gasteiger charge is 2.27. The van der Waals surface area contributed by atoms with Crippen molar-refractivity contribution in [3.8, 4) is 16.9 Å². The number of ether oxygens (including phenoxy) is 2. The molecular formula is C32H35NO4. The standard InChI is InChI=1S/C32H35NO4/c1-3-37-30-14-8-12-28(22-30)26-18-15-25(16-19-26)23-33(32(35)27-10-5-4-6-11-27)29-13-7-9-24(21-29)17-20-31(34)36-2/h7-9,12-22,27H,3-6,10-11,23H2,1-2H3/b20-17+. The fourth-order valence-corrected chi connectivity index (χ4v) is 4.81. The number of nitrogens with zero attached hydrogens (tertiary/aromatic N) is 1. The molecule has 0 heterocycles. The Hall–Kier alpha value is -3.86. The zero-order valence-corrected chi connectivity index (χ0v) is 21.7. The van der Waals surface area contributed by atoms with Gasteiger partial charge in [0.1, 0.15) is 5.75 Å². The van der Waals surface area contributed by atoms with Gasteiger partial charge in [0.15, 0.2) is 0 Å². The lowest BCUT2D eigenvalue weighted by Crippen LogP contribution is -2.36. The Morgan fingerprint density at radius 3 is 2.41 bits per heavy atom. The second-order valence-electron chi connectivity index (χ2n) is 9.37. The SMILES string of the molecule is CCOc1cccc(-c2ccc(CN(C(=O)C3CCCCC3)c3cccc(/C=C/C(=O)OC)c3)cc2)c1.